The third-order valence-corrected chi connectivity index (χ3v) is 4.88. The van der Waals surface area contributed by atoms with Crippen LogP contribution in [0.2, 0.25) is 0 Å². The van der Waals surface area contributed by atoms with Gasteiger partial charge in [-0.05, 0) is 56.6 Å². The first-order chi connectivity index (χ1) is 8.23. The number of Topliss-reactive ketones (excluding diaryl/α,β-unsaturated/α-hetero) is 1. The van der Waals surface area contributed by atoms with E-state index in [0.29, 0.717) is 12.3 Å². The highest BCUT2D eigenvalue weighted by Crippen LogP contribution is 2.46. The predicted molar refractivity (Wildman–Crippen MR) is 70.0 cm³/mol. The minimum absolute atomic E-state index is 0.164. The fourth-order valence-corrected chi connectivity index (χ4v) is 3.61. The molecule has 0 aromatic rings. The summed E-state index contributed by atoms with van der Waals surface area (Å²) in [5.74, 6) is 0.571. The highest BCUT2D eigenvalue weighted by molar-refractivity contribution is 5.98. The summed E-state index contributed by atoms with van der Waals surface area (Å²) < 4.78 is 0. The van der Waals surface area contributed by atoms with Crippen molar-refractivity contribution in [2.45, 2.75) is 58.7 Å². The highest BCUT2D eigenvalue weighted by atomic mass is 16.3. The Bertz CT molecular complexity index is 389. The van der Waals surface area contributed by atoms with Gasteiger partial charge >= 0.3 is 0 Å². The van der Waals surface area contributed by atoms with Crippen LogP contribution in [0.4, 0.5) is 0 Å². The Labute approximate surface area is 109 Å². The first-order valence-electron chi connectivity index (χ1n) is 6.87. The van der Waals surface area contributed by atoms with Crippen molar-refractivity contribution >= 4 is 5.78 Å². The first kappa shape index (κ1) is 13.8. The zero-order valence-corrected chi connectivity index (χ0v) is 11.7. The molecule has 2 N–H and O–H groups in total. The monoisotopic (exact) mass is 252 g/mol. The second-order valence-corrected chi connectivity index (χ2v) is 6.57. The van der Waals surface area contributed by atoms with Crippen molar-refractivity contribution in [2.75, 3.05) is 0 Å². The van der Waals surface area contributed by atoms with Crippen LogP contribution in [-0.4, -0.2) is 27.7 Å². The first-order valence-corrected chi connectivity index (χ1v) is 6.87. The second kappa shape index (κ2) is 4.46. The average molecular weight is 252 g/mol. The molecule has 0 saturated heterocycles. The molecule has 2 rings (SSSR count). The van der Waals surface area contributed by atoms with E-state index in [0.717, 1.165) is 24.0 Å². The standard InChI is InChI=1S/C15H24O3/c1-8-5-6-11(15(3,4)18)14(17)13-9(2)12(16)7-10(8)13/h8,10-11,14,17-18H,5-7H2,1-4H3. The molecule has 0 bridgehead atoms. The highest BCUT2D eigenvalue weighted by Gasteiger charge is 2.45. The lowest BCUT2D eigenvalue weighted by Crippen LogP contribution is -2.40. The maximum Gasteiger partial charge on any atom is 0.159 e. The summed E-state index contributed by atoms with van der Waals surface area (Å²) in [5.41, 5.74) is 0.722. The molecule has 0 amide bonds. The summed E-state index contributed by atoms with van der Waals surface area (Å²) in [5, 5.41) is 20.8. The Morgan fingerprint density at radius 3 is 2.44 bits per heavy atom. The van der Waals surface area contributed by atoms with E-state index < -0.39 is 11.7 Å². The molecule has 3 heteroatoms. The van der Waals surface area contributed by atoms with Crippen molar-refractivity contribution in [1.82, 2.24) is 0 Å². The normalized spacial score (nSPS) is 37.8. The molecule has 2 aliphatic carbocycles. The van der Waals surface area contributed by atoms with E-state index in [1.807, 2.05) is 6.92 Å². The second-order valence-electron chi connectivity index (χ2n) is 6.57. The van der Waals surface area contributed by atoms with Crippen molar-refractivity contribution in [3.05, 3.63) is 11.1 Å². The quantitative estimate of drug-likeness (QED) is 0.751. The van der Waals surface area contributed by atoms with Crippen molar-refractivity contribution < 1.29 is 15.0 Å². The summed E-state index contributed by atoms with van der Waals surface area (Å²) in [4.78, 5) is 11.9. The number of rotatable bonds is 1. The Hall–Kier alpha value is -0.670. The fraction of sp³-hybridized carbons (Fsp3) is 0.800. The van der Waals surface area contributed by atoms with Crippen molar-refractivity contribution in [3.8, 4) is 0 Å². The molecule has 0 spiro atoms. The van der Waals surface area contributed by atoms with Gasteiger partial charge < -0.3 is 10.2 Å². The van der Waals surface area contributed by atoms with E-state index in [1.165, 1.54) is 0 Å². The molecule has 1 fully saturated rings. The number of hydrogen-bond acceptors (Lipinski definition) is 3. The number of aliphatic hydroxyl groups excluding tert-OH is 1. The third-order valence-electron chi connectivity index (χ3n) is 4.88. The minimum Gasteiger partial charge on any atom is -0.390 e. The average Bonchev–Trinajstić information content (AvgIpc) is 2.46. The van der Waals surface area contributed by atoms with Gasteiger partial charge in [0.1, 0.15) is 0 Å². The largest absolute Gasteiger partial charge is 0.390 e. The summed E-state index contributed by atoms with van der Waals surface area (Å²) in [6.07, 6.45) is 1.64. The Kier molecular flexibility index (Phi) is 3.41. The third kappa shape index (κ3) is 2.14. The van der Waals surface area contributed by atoms with E-state index in [9.17, 15) is 15.0 Å². The van der Waals surface area contributed by atoms with Crippen LogP contribution >= 0.6 is 0 Å². The maximum absolute atomic E-state index is 11.9. The molecule has 3 nitrogen and oxygen atoms in total. The molecule has 0 aliphatic heterocycles. The molecule has 4 atom stereocenters. The number of fused-ring (bicyclic) bond motifs is 1. The smallest absolute Gasteiger partial charge is 0.159 e. The zero-order valence-electron chi connectivity index (χ0n) is 11.7. The lowest BCUT2D eigenvalue weighted by atomic mass is 9.80. The van der Waals surface area contributed by atoms with Crippen LogP contribution < -0.4 is 0 Å². The molecule has 102 valence electrons. The Balaban J connectivity index is 2.42. The van der Waals surface area contributed by atoms with Crippen molar-refractivity contribution in [3.63, 3.8) is 0 Å². The fourth-order valence-electron chi connectivity index (χ4n) is 3.61. The molecule has 18 heavy (non-hydrogen) atoms. The minimum atomic E-state index is -0.910. The van der Waals surface area contributed by atoms with E-state index in [-0.39, 0.29) is 17.6 Å². The lowest BCUT2D eigenvalue weighted by Gasteiger charge is -2.33. The number of ketones is 1. The van der Waals surface area contributed by atoms with Crippen LogP contribution in [0.1, 0.15) is 47.0 Å². The zero-order chi connectivity index (χ0) is 13.7. The van der Waals surface area contributed by atoms with E-state index in [2.05, 4.69) is 6.92 Å². The van der Waals surface area contributed by atoms with Gasteiger partial charge in [-0.2, -0.15) is 0 Å². The van der Waals surface area contributed by atoms with Gasteiger partial charge in [0.2, 0.25) is 0 Å². The van der Waals surface area contributed by atoms with Crippen molar-refractivity contribution in [1.29, 1.82) is 0 Å². The summed E-state index contributed by atoms with van der Waals surface area (Å²) >= 11 is 0. The molecular formula is C15H24O3. The van der Waals surface area contributed by atoms with Gasteiger partial charge in [0.15, 0.2) is 5.78 Å². The summed E-state index contributed by atoms with van der Waals surface area (Å²) in [6, 6.07) is 0. The van der Waals surface area contributed by atoms with Gasteiger partial charge in [0.05, 0.1) is 11.7 Å². The molecule has 0 radical (unpaired) electrons. The molecular weight excluding hydrogens is 228 g/mol. The number of hydrogen-bond donors (Lipinski definition) is 2. The van der Waals surface area contributed by atoms with Gasteiger partial charge in [0, 0.05) is 12.3 Å². The molecule has 0 aromatic heterocycles. The van der Waals surface area contributed by atoms with Gasteiger partial charge in [-0.25, -0.2) is 0 Å². The number of carbonyl (C=O) groups is 1. The lowest BCUT2D eigenvalue weighted by molar-refractivity contribution is -0.115. The molecule has 0 aromatic carbocycles. The van der Waals surface area contributed by atoms with Gasteiger partial charge in [-0.15, -0.1) is 0 Å². The van der Waals surface area contributed by atoms with Crippen LogP contribution in [0.25, 0.3) is 0 Å². The van der Waals surface area contributed by atoms with Gasteiger partial charge in [-0.1, -0.05) is 6.92 Å². The molecule has 1 saturated carbocycles. The summed E-state index contributed by atoms with van der Waals surface area (Å²) in [7, 11) is 0. The topological polar surface area (TPSA) is 57.5 Å². The van der Waals surface area contributed by atoms with Gasteiger partial charge in [0.25, 0.3) is 0 Å². The molecule has 4 unspecified atom stereocenters. The Morgan fingerprint density at radius 2 is 1.89 bits per heavy atom. The van der Waals surface area contributed by atoms with Crippen LogP contribution in [0.5, 0.6) is 0 Å². The van der Waals surface area contributed by atoms with Crippen LogP contribution in [0.3, 0.4) is 0 Å². The number of carbonyl (C=O) groups excluding carboxylic acids is 1. The van der Waals surface area contributed by atoms with Crippen LogP contribution in [0.15, 0.2) is 11.1 Å². The number of aliphatic hydroxyl groups is 2. The van der Waals surface area contributed by atoms with Gasteiger partial charge in [-0.3, -0.25) is 4.79 Å². The van der Waals surface area contributed by atoms with E-state index in [1.54, 1.807) is 13.8 Å². The predicted octanol–water partition coefficient (Wildman–Crippen LogP) is 2.07. The SMILES string of the molecule is CC1=C2C(O)C(C(C)(C)O)CCC(C)C2CC1=O. The van der Waals surface area contributed by atoms with E-state index >= 15 is 0 Å². The van der Waals surface area contributed by atoms with Crippen molar-refractivity contribution in [2.24, 2.45) is 17.8 Å². The number of allylic oxidation sites excluding steroid dienone is 1. The summed E-state index contributed by atoms with van der Waals surface area (Å²) in [6.45, 7) is 7.47. The maximum atomic E-state index is 11.9. The van der Waals surface area contributed by atoms with Crippen LogP contribution in [0, 0.1) is 17.8 Å². The van der Waals surface area contributed by atoms with Crippen LogP contribution in [-0.2, 0) is 4.79 Å². The molecule has 0 heterocycles. The Morgan fingerprint density at radius 1 is 1.28 bits per heavy atom. The van der Waals surface area contributed by atoms with E-state index in [4.69, 9.17) is 0 Å². The molecule has 2 aliphatic rings.